The molecule has 25 heavy (non-hydrogen) atoms. The lowest BCUT2D eigenvalue weighted by Gasteiger charge is -2.14. The van der Waals surface area contributed by atoms with Crippen molar-refractivity contribution in [1.82, 2.24) is 5.32 Å². The molecule has 0 bridgehead atoms. The van der Waals surface area contributed by atoms with Gasteiger partial charge < -0.3 is 15.4 Å². The molecule has 2 N–H and O–H groups in total. The highest BCUT2D eigenvalue weighted by atomic mass is 19.1. The predicted octanol–water partition coefficient (Wildman–Crippen LogP) is 3.00. The Kier molecular flexibility index (Phi) is 6.11. The van der Waals surface area contributed by atoms with Gasteiger partial charge in [0.15, 0.2) is 11.6 Å². The maximum atomic E-state index is 13.6. The molecule has 0 saturated heterocycles. The van der Waals surface area contributed by atoms with E-state index in [-0.39, 0.29) is 17.4 Å². The lowest BCUT2D eigenvalue weighted by atomic mass is 9.99. The summed E-state index contributed by atoms with van der Waals surface area (Å²) in [6.07, 6.45) is 0. The third-order valence-electron chi connectivity index (χ3n) is 3.80. The van der Waals surface area contributed by atoms with E-state index in [0.717, 1.165) is 17.2 Å². The van der Waals surface area contributed by atoms with Gasteiger partial charge in [-0.3, -0.25) is 9.59 Å². The standard InChI is InChI=1S/C19H21FN2O3/c1-12-5-4-6-14(9-12)13(2)11-21-18(23)19(24)22-15-7-8-17(25-3)16(20)10-15/h4-10,13H,11H2,1-3H3,(H,21,23)(H,22,24)/t13-/m0/s1. The van der Waals surface area contributed by atoms with Crippen molar-refractivity contribution in [3.8, 4) is 5.75 Å². The van der Waals surface area contributed by atoms with Crippen molar-refractivity contribution in [1.29, 1.82) is 0 Å². The summed E-state index contributed by atoms with van der Waals surface area (Å²) >= 11 is 0. The summed E-state index contributed by atoms with van der Waals surface area (Å²) in [6, 6.07) is 11.9. The van der Waals surface area contributed by atoms with Gasteiger partial charge in [-0.1, -0.05) is 36.8 Å². The molecule has 2 aromatic rings. The van der Waals surface area contributed by atoms with Gasteiger partial charge in [0, 0.05) is 18.3 Å². The maximum absolute atomic E-state index is 13.6. The van der Waals surface area contributed by atoms with Crippen LogP contribution in [0.15, 0.2) is 42.5 Å². The Morgan fingerprint density at radius 2 is 1.92 bits per heavy atom. The lowest BCUT2D eigenvalue weighted by Crippen LogP contribution is -2.37. The van der Waals surface area contributed by atoms with Crippen molar-refractivity contribution in [2.75, 3.05) is 19.0 Å². The van der Waals surface area contributed by atoms with Gasteiger partial charge in [-0.05, 0) is 30.5 Å². The van der Waals surface area contributed by atoms with E-state index in [4.69, 9.17) is 4.74 Å². The first kappa shape index (κ1) is 18.4. The fourth-order valence-corrected chi connectivity index (χ4v) is 2.35. The van der Waals surface area contributed by atoms with Gasteiger partial charge in [0.05, 0.1) is 7.11 Å². The summed E-state index contributed by atoms with van der Waals surface area (Å²) in [7, 11) is 1.35. The normalized spacial score (nSPS) is 11.5. The van der Waals surface area contributed by atoms with E-state index in [1.165, 1.54) is 19.2 Å². The number of aryl methyl sites for hydroxylation is 1. The average Bonchev–Trinajstić information content (AvgIpc) is 2.59. The lowest BCUT2D eigenvalue weighted by molar-refractivity contribution is -0.136. The van der Waals surface area contributed by atoms with Crippen molar-refractivity contribution < 1.29 is 18.7 Å². The Balaban J connectivity index is 1.90. The summed E-state index contributed by atoms with van der Waals surface area (Å²) in [5.41, 5.74) is 2.40. The predicted molar refractivity (Wildman–Crippen MR) is 94.2 cm³/mol. The molecule has 2 amide bonds. The van der Waals surface area contributed by atoms with E-state index in [2.05, 4.69) is 10.6 Å². The number of amides is 2. The SMILES string of the molecule is COc1ccc(NC(=O)C(=O)NC[C@H](C)c2cccc(C)c2)cc1F. The fraction of sp³-hybridized carbons (Fsp3) is 0.263. The molecule has 1 atom stereocenters. The first-order valence-electron chi connectivity index (χ1n) is 7.90. The maximum Gasteiger partial charge on any atom is 0.313 e. The van der Waals surface area contributed by atoms with Crippen LogP contribution in [0.3, 0.4) is 0 Å². The molecule has 0 heterocycles. The van der Waals surface area contributed by atoms with Crippen LogP contribution in [0.25, 0.3) is 0 Å². The number of benzene rings is 2. The van der Waals surface area contributed by atoms with Crippen LogP contribution in [0.4, 0.5) is 10.1 Å². The molecule has 0 aliphatic heterocycles. The Labute approximate surface area is 146 Å². The number of hydrogen-bond donors (Lipinski definition) is 2. The number of methoxy groups -OCH3 is 1. The summed E-state index contributed by atoms with van der Waals surface area (Å²) in [5.74, 6) is -2.10. The molecule has 0 aromatic heterocycles. The molecule has 0 fully saturated rings. The second-order valence-corrected chi connectivity index (χ2v) is 5.83. The van der Waals surface area contributed by atoms with Gasteiger partial charge in [-0.15, -0.1) is 0 Å². The Morgan fingerprint density at radius 1 is 1.16 bits per heavy atom. The van der Waals surface area contributed by atoms with Crippen LogP contribution in [-0.4, -0.2) is 25.5 Å². The summed E-state index contributed by atoms with van der Waals surface area (Å²) in [6.45, 7) is 4.29. The Bertz CT molecular complexity index is 777. The first-order chi connectivity index (χ1) is 11.9. The van der Waals surface area contributed by atoms with Crippen LogP contribution in [0, 0.1) is 12.7 Å². The molecule has 0 aliphatic rings. The second kappa shape index (κ2) is 8.28. The molecule has 0 radical (unpaired) electrons. The Hall–Kier alpha value is -2.89. The van der Waals surface area contributed by atoms with Gasteiger partial charge in [0.1, 0.15) is 0 Å². The third-order valence-corrected chi connectivity index (χ3v) is 3.80. The summed E-state index contributed by atoms with van der Waals surface area (Å²) < 4.78 is 18.4. The van der Waals surface area contributed by atoms with Gasteiger partial charge in [0.25, 0.3) is 0 Å². The van der Waals surface area contributed by atoms with Crippen LogP contribution >= 0.6 is 0 Å². The molecule has 0 aliphatic carbocycles. The third kappa shape index (κ3) is 5.04. The largest absolute Gasteiger partial charge is 0.494 e. The van der Waals surface area contributed by atoms with Crippen LogP contribution < -0.4 is 15.4 Å². The number of hydrogen-bond acceptors (Lipinski definition) is 3. The van der Waals surface area contributed by atoms with Crippen molar-refractivity contribution >= 4 is 17.5 Å². The van der Waals surface area contributed by atoms with E-state index in [9.17, 15) is 14.0 Å². The number of rotatable bonds is 5. The van der Waals surface area contributed by atoms with Crippen LogP contribution in [0.2, 0.25) is 0 Å². The highest BCUT2D eigenvalue weighted by Gasteiger charge is 2.16. The minimum atomic E-state index is -0.846. The first-order valence-corrected chi connectivity index (χ1v) is 7.90. The van der Waals surface area contributed by atoms with E-state index >= 15 is 0 Å². The van der Waals surface area contributed by atoms with E-state index < -0.39 is 17.6 Å². The number of carbonyl (C=O) groups excluding carboxylic acids is 2. The topological polar surface area (TPSA) is 67.4 Å². The molecule has 2 aromatic carbocycles. The van der Waals surface area contributed by atoms with E-state index in [0.29, 0.717) is 6.54 Å². The number of nitrogens with one attached hydrogen (secondary N) is 2. The van der Waals surface area contributed by atoms with Crippen molar-refractivity contribution in [3.63, 3.8) is 0 Å². The molecule has 0 saturated carbocycles. The smallest absolute Gasteiger partial charge is 0.313 e. The van der Waals surface area contributed by atoms with Crippen molar-refractivity contribution in [2.24, 2.45) is 0 Å². The van der Waals surface area contributed by atoms with Gasteiger partial charge >= 0.3 is 11.8 Å². The van der Waals surface area contributed by atoms with Crippen LogP contribution in [0.5, 0.6) is 5.75 Å². The van der Waals surface area contributed by atoms with E-state index in [1.807, 2.05) is 38.1 Å². The Morgan fingerprint density at radius 3 is 2.56 bits per heavy atom. The zero-order valence-electron chi connectivity index (χ0n) is 14.4. The summed E-state index contributed by atoms with van der Waals surface area (Å²) in [5, 5.41) is 4.95. The average molecular weight is 344 g/mol. The van der Waals surface area contributed by atoms with Crippen molar-refractivity contribution in [3.05, 3.63) is 59.4 Å². The minimum absolute atomic E-state index is 0.0643. The molecule has 6 heteroatoms. The monoisotopic (exact) mass is 344 g/mol. The molecule has 2 rings (SSSR count). The molecule has 132 valence electrons. The molecule has 5 nitrogen and oxygen atoms in total. The highest BCUT2D eigenvalue weighted by molar-refractivity contribution is 6.39. The van der Waals surface area contributed by atoms with E-state index in [1.54, 1.807) is 0 Å². The van der Waals surface area contributed by atoms with Gasteiger partial charge in [0.2, 0.25) is 0 Å². The van der Waals surface area contributed by atoms with Crippen LogP contribution in [0.1, 0.15) is 24.0 Å². The number of halogens is 1. The van der Waals surface area contributed by atoms with Crippen molar-refractivity contribution in [2.45, 2.75) is 19.8 Å². The zero-order chi connectivity index (χ0) is 18.4. The van der Waals surface area contributed by atoms with Gasteiger partial charge in [-0.25, -0.2) is 4.39 Å². The second-order valence-electron chi connectivity index (χ2n) is 5.83. The fourth-order valence-electron chi connectivity index (χ4n) is 2.35. The zero-order valence-corrected chi connectivity index (χ0v) is 14.4. The van der Waals surface area contributed by atoms with Crippen LogP contribution in [-0.2, 0) is 9.59 Å². The number of anilines is 1. The minimum Gasteiger partial charge on any atom is -0.494 e. The highest BCUT2D eigenvalue weighted by Crippen LogP contribution is 2.20. The van der Waals surface area contributed by atoms with Gasteiger partial charge in [-0.2, -0.15) is 0 Å². The molecular weight excluding hydrogens is 323 g/mol. The molecule has 0 spiro atoms. The molecular formula is C19H21FN2O3. The summed E-state index contributed by atoms with van der Waals surface area (Å²) in [4.78, 5) is 23.8. The number of carbonyl (C=O) groups is 2. The quantitative estimate of drug-likeness (QED) is 0.820. The molecule has 0 unspecified atom stereocenters. The number of ether oxygens (including phenoxy) is 1.